The van der Waals surface area contributed by atoms with Crippen LogP contribution < -0.4 is 11.1 Å². The molecule has 5 rings (SSSR count). The molecule has 0 aliphatic carbocycles. The quantitative estimate of drug-likeness (QED) is 0.204. The Labute approximate surface area is 229 Å². The number of furan rings is 1. The van der Waals surface area contributed by atoms with E-state index in [0.717, 1.165) is 22.1 Å². The van der Waals surface area contributed by atoms with Crippen molar-refractivity contribution in [2.75, 3.05) is 32.0 Å². The van der Waals surface area contributed by atoms with Gasteiger partial charge in [0.1, 0.15) is 11.6 Å². The minimum atomic E-state index is -0.543. The molecular formula is C29H25ClN4O5. The van der Waals surface area contributed by atoms with Crippen LogP contribution in [0.2, 0.25) is 5.02 Å². The highest BCUT2D eigenvalue weighted by Gasteiger charge is 2.24. The summed E-state index contributed by atoms with van der Waals surface area (Å²) in [5.41, 5.74) is 8.80. The zero-order valence-corrected chi connectivity index (χ0v) is 21.6. The molecule has 10 heteroatoms. The number of anilines is 1. The van der Waals surface area contributed by atoms with E-state index in [9.17, 15) is 14.4 Å². The molecule has 198 valence electrons. The Hall–Kier alpha value is -4.47. The molecule has 3 heterocycles. The van der Waals surface area contributed by atoms with Crippen LogP contribution in [0, 0.1) is 0 Å². The van der Waals surface area contributed by atoms with Crippen molar-refractivity contribution in [1.82, 2.24) is 15.2 Å². The third-order valence-electron chi connectivity index (χ3n) is 6.27. The van der Waals surface area contributed by atoms with E-state index < -0.39 is 11.7 Å². The molecule has 4 aromatic rings. The number of nitrogen functional groups attached to an aromatic ring is 1. The monoisotopic (exact) mass is 544 g/mol. The maximum absolute atomic E-state index is 12.7. The molecule has 0 saturated carbocycles. The van der Waals surface area contributed by atoms with Gasteiger partial charge in [0.2, 0.25) is 11.7 Å². The number of pyridine rings is 1. The van der Waals surface area contributed by atoms with Gasteiger partial charge in [-0.1, -0.05) is 35.9 Å². The van der Waals surface area contributed by atoms with Crippen LogP contribution in [0.5, 0.6) is 0 Å². The number of halogens is 1. The molecule has 9 nitrogen and oxygen atoms in total. The lowest BCUT2D eigenvalue weighted by Gasteiger charge is -2.26. The van der Waals surface area contributed by atoms with Gasteiger partial charge in [-0.05, 0) is 53.1 Å². The summed E-state index contributed by atoms with van der Waals surface area (Å²) in [6.45, 7) is 1.87. The van der Waals surface area contributed by atoms with Crippen LogP contribution in [0.15, 0.2) is 71.3 Å². The molecule has 0 bridgehead atoms. The Kier molecular flexibility index (Phi) is 7.72. The number of Topliss-reactive ketones (excluding diaryl/α,β-unsaturated/α-hetero) is 1. The van der Waals surface area contributed by atoms with Gasteiger partial charge in [-0.3, -0.25) is 14.4 Å². The van der Waals surface area contributed by atoms with Crippen molar-refractivity contribution in [3.63, 3.8) is 0 Å². The number of nitrogens with two attached hydrogens (primary N) is 1. The van der Waals surface area contributed by atoms with Crippen LogP contribution in [0.3, 0.4) is 0 Å². The second-order valence-corrected chi connectivity index (χ2v) is 9.37. The normalized spacial score (nSPS) is 13.6. The number of fused-ring (bicyclic) bond motifs is 1. The van der Waals surface area contributed by atoms with Crippen LogP contribution in [-0.2, 0) is 20.9 Å². The number of rotatable bonds is 7. The first-order valence-corrected chi connectivity index (χ1v) is 12.7. The highest BCUT2D eigenvalue weighted by molar-refractivity contribution is 6.42. The van der Waals surface area contributed by atoms with Crippen LogP contribution >= 0.6 is 11.6 Å². The summed E-state index contributed by atoms with van der Waals surface area (Å²) in [4.78, 5) is 42.9. The number of amides is 2. The summed E-state index contributed by atoms with van der Waals surface area (Å²) in [5, 5.41) is 3.97. The van der Waals surface area contributed by atoms with Crippen LogP contribution in [0.25, 0.3) is 28.2 Å². The van der Waals surface area contributed by atoms with Gasteiger partial charge in [0.25, 0.3) is 5.91 Å². The second-order valence-electron chi connectivity index (χ2n) is 8.97. The number of hydrogen-bond donors (Lipinski definition) is 2. The maximum atomic E-state index is 12.7. The molecule has 2 amide bonds. The van der Waals surface area contributed by atoms with Crippen LogP contribution in [0.4, 0.5) is 5.82 Å². The van der Waals surface area contributed by atoms with E-state index in [1.165, 1.54) is 11.0 Å². The zero-order chi connectivity index (χ0) is 27.4. The molecule has 0 atom stereocenters. The van der Waals surface area contributed by atoms with E-state index in [0.29, 0.717) is 54.1 Å². The van der Waals surface area contributed by atoms with E-state index in [1.807, 2.05) is 12.1 Å². The number of nitrogens with one attached hydrogen (secondary N) is 1. The summed E-state index contributed by atoms with van der Waals surface area (Å²) in [5.74, 6) is -0.403. The standard InChI is InChI=1S/C29H25ClN4O5/c30-24-15-21(19-3-5-20(6-4-19)27(36)29(37)34-9-11-38-12-10-34)13-22-14-23(39-28(22)24)17-33-26(35)8-2-18-1-7-25(31)32-16-18/h1-8,13-16H,9-12,17H2,(H2,31,32)(H,33,35). The topological polar surface area (TPSA) is 128 Å². The van der Waals surface area contributed by atoms with Gasteiger partial charge in [-0.25, -0.2) is 4.98 Å². The molecule has 1 fully saturated rings. The molecular weight excluding hydrogens is 520 g/mol. The number of ketones is 1. The molecule has 0 spiro atoms. The predicted octanol–water partition coefficient (Wildman–Crippen LogP) is 4.10. The number of carbonyl (C=O) groups excluding carboxylic acids is 3. The average Bonchev–Trinajstić information content (AvgIpc) is 3.39. The molecule has 1 aliphatic heterocycles. The van der Waals surface area contributed by atoms with E-state index in [1.54, 1.807) is 54.7 Å². The van der Waals surface area contributed by atoms with Gasteiger partial charge in [-0.15, -0.1) is 0 Å². The molecule has 2 aromatic heterocycles. The number of hydrogen-bond acceptors (Lipinski definition) is 7. The number of benzene rings is 2. The van der Waals surface area contributed by atoms with Gasteiger partial charge in [0.05, 0.1) is 24.8 Å². The van der Waals surface area contributed by atoms with Crippen molar-refractivity contribution in [2.45, 2.75) is 6.54 Å². The van der Waals surface area contributed by atoms with E-state index >= 15 is 0 Å². The predicted molar refractivity (Wildman–Crippen MR) is 148 cm³/mol. The van der Waals surface area contributed by atoms with Crippen LogP contribution in [0.1, 0.15) is 21.7 Å². The molecule has 3 N–H and O–H groups in total. The molecule has 2 aromatic carbocycles. The Balaban J connectivity index is 1.25. The third kappa shape index (κ3) is 6.17. The third-order valence-corrected chi connectivity index (χ3v) is 6.55. The number of nitrogens with zero attached hydrogens (tertiary/aromatic N) is 2. The number of carbonyl (C=O) groups is 3. The highest BCUT2D eigenvalue weighted by atomic mass is 35.5. The summed E-state index contributed by atoms with van der Waals surface area (Å²) in [7, 11) is 0. The largest absolute Gasteiger partial charge is 0.458 e. The fourth-order valence-electron chi connectivity index (χ4n) is 4.19. The van der Waals surface area contributed by atoms with Gasteiger partial charge in [0.15, 0.2) is 5.58 Å². The number of morpholine rings is 1. The SMILES string of the molecule is Nc1ccc(C=CC(=O)NCc2cc3cc(-c4ccc(C(=O)C(=O)N5CCOCC5)cc4)cc(Cl)c3o2)cn1. The van der Waals surface area contributed by atoms with Crippen LogP contribution in [-0.4, -0.2) is 53.8 Å². The van der Waals surface area contributed by atoms with Gasteiger partial charge in [0, 0.05) is 36.3 Å². The minimum absolute atomic E-state index is 0.178. The average molecular weight is 545 g/mol. The van der Waals surface area contributed by atoms with E-state index in [-0.39, 0.29) is 12.5 Å². The van der Waals surface area contributed by atoms with Crippen molar-refractivity contribution >= 4 is 52.1 Å². The Morgan fingerprint density at radius 1 is 1.03 bits per heavy atom. The van der Waals surface area contributed by atoms with E-state index in [4.69, 9.17) is 26.5 Å². The Morgan fingerprint density at radius 3 is 2.51 bits per heavy atom. The van der Waals surface area contributed by atoms with Gasteiger partial charge >= 0.3 is 0 Å². The van der Waals surface area contributed by atoms with Crippen molar-refractivity contribution in [1.29, 1.82) is 0 Å². The summed E-state index contributed by atoms with van der Waals surface area (Å²) in [6, 6.07) is 15.8. The van der Waals surface area contributed by atoms with E-state index in [2.05, 4.69) is 10.3 Å². The summed E-state index contributed by atoms with van der Waals surface area (Å²) < 4.78 is 11.1. The fraction of sp³-hybridized carbons (Fsp3) is 0.172. The number of ether oxygens (including phenoxy) is 1. The summed E-state index contributed by atoms with van der Waals surface area (Å²) >= 11 is 6.50. The van der Waals surface area contributed by atoms with Crippen molar-refractivity contribution in [3.8, 4) is 11.1 Å². The van der Waals surface area contributed by atoms with Crippen molar-refractivity contribution in [2.24, 2.45) is 0 Å². The Morgan fingerprint density at radius 2 is 1.79 bits per heavy atom. The smallest absolute Gasteiger partial charge is 0.295 e. The fourth-order valence-corrected chi connectivity index (χ4v) is 4.45. The van der Waals surface area contributed by atoms with Gasteiger partial charge < -0.3 is 25.1 Å². The minimum Gasteiger partial charge on any atom is -0.458 e. The molecule has 1 aliphatic rings. The first-order chi connectivity index (χ1) is 18.9. The summed E-state index contributed by atoms with van der Waals surface area (Å²) in [6.07, 6.45) is 4.62. The first-order valence-electron chi connectivity index (χ1n) is 12.3. The van der Waals surface area contributed by atoms with Crippen molar-refractivity contribution in [3.05, 3.63) is 88.8 Å². The maximum Gasteiger partial charge on any atom is 0.295 e. The molecule has 39 heavy (non-hydrogen) atoms. The molecule has 0 radical (unpaired) electrons. The first kappa shape index (κ1) is 26.1. The lowest BCUT2D eigenvalue weighted by Crippen LogP contribution is -2.44. The molecule has 0 unspecified atom stereocenters. The molecule has 1 saturated heterocycles. The highest BCUT2D eigenvalue weighted by Crippen LogP contribution is 2.33. The lowest BCUT2D eigenvalue weighted by molar-refractivity contribution is -0.130. The van der Waals surface area contributed by atoms with Gasteiger partial charge in [-0.2, -0.15) is 0 Å². The zero-order valence-electron chi connectivity index (χ0n) is 20.9. The lowest BCUT2D eigenvalue weighted by atomic mass is 10.0. The number of aromatic nitrogens is 1. The van der Waals surface area contributed by atoms with Crippen molar-refractivity contribution < 1.29 is 23.5 Å². The second kappa shape index (κ2) is 11.5. The Bertz CT molecular complexity index is 1560.